The van der Waals surface area contributed by atoms with Gasteiger partial charge in [0.2, 0.25) is 0 Å². The molecule has 1 heterocycles. The highest BCUT2D eigenvalue weighted by Gasteiger charge is 2.00. The average molecular weight is 254 g/mol. The molecule has 2 nitrogen and oxygen atoms in total. The molecule has 4 heteroatoms. The summed E-state index contributed by atoms with van der Waals surface area (Å²) >= 11 is 6.69. The van der Waals surface area contributed by atoms with Crippen molar-refractivity contribution in [1.82, 2.24) is 9.78 Å². The van der Waals surface area contributed by atoms with Crippen molar-refractivity contribution in [2.75, 3.05) is 0 Å². The van der Waals surface area contributed by atoms with Gasteiger partial charge >= 0.3 is 0 Å². The first-order valence-electron chi connectivity index (χ1n) is 2.62. The topological polar surface area (TPSA) is 17.8 Å². The van der Waals surface area contributed by atoms with Crippen molar-refractivity contribution in [2.45, 2.75) is 13.5 Å². The van der Waals surface area contributed by atoms with Gasteiger partial charge in [-0.15, -0.1) is 0 Å². The Morgan fingerprint density at radius 3 is 2.56 bits per heavy atom. The number of aromatic nitrogens is 2. The lowest BCUT2D eigenvalue weighted by atomic mass is 10.7. The molecule has 0 aliphatic rings. The van der Waals surface area contributed by atoms with E-state index in [1.54, 1.807) is 6.20 Å². The predicted octanol–water partition coefficient (Wildman–Crippen LogP) is 2.43. The van der Waals surface area contributed by atoms with E-state index in [1.165, 1.54) is 0 Å². The highest BCUT2D eigenvalue weighted by molar-refractivity contribution is 9.13. The molecule has 0 amide bonds. The van der Waals surface area contributed by atoms with Crippen molar-refractivity contribution in [3.63, 3.8) is 0 Å². The minimum absolute atomic E-state index is 0.895. The fourth-order valence-electron chi connectivity index (χ4n) is 0.568. The summed E-state index contributed by atoms with van der Waals surface area (Å²) in [6, 6.07) is 0. The molecule has 0 aliphatic carbocycles. The van der Waals surface area contributed by atoms with Gasteiger partial charge in [0, 0.05) is 6.54 Å². The zero-order valence-corrected chi connectivity index (χ0v) is 8.11. The summed E-state index contributed by atoms with van der Waals surface area (Å²) in [6.07, 6.45) is 1.77. The molecular weight excluding hydrogens is 248 g/mol. The van der Waals surface area contributed by atoms with Crippen LogP contribution in [0.25, 0.3) is 0 Å². The van der Waals surface area contributed by atoms with Gasteiger partial charge < -0.3 is 0 Å². The first-order chi connectivity index (χ1) is 4.25. The first kappa shape index (κ1) is 7.28. The van der Waals surface area contributed by atoms with Gasteiger partial charge in [0.05, 0.1) is 10.7 Å². The highest BCUT2D eigenvalue weighted by atomic mass is 79.9. The van der Waals surface area contributed by atoms with E-state index in [4.69, 9.17) is 0 Å². The van der Waals surface area contributed by atoms with Crippen LogP contribution in [0.5, 0.6) is 0 Å². The van der Waals surface area contributed by atoms with Crippen molar-refractivity contribution < 1.29 is 0 Å². The van der Waals surface area contributed by atoms with Gasteiger partial charge in [-0.1, -0.05) is 0 Å². The minimum atomic E-state index is 0.895. The number of hydrogen-bond donors (Lipinski definition) is 0. The molecular formula is C5H6Br2N2. The molecule has 0 saturated carbocycles. The Morgan fingerprint density at radius 2 is 2.33 bits per heavy atom. The summed E-state index contributed by atoms with van der Waals surface area (Å²) in [5.74, 6) is 0. The van der Waals surface area contributed by atoms with E-state index in [2.05, 4.69) is 37.0 Å². The van der Waals surface area contributed by atoms with Crippen LogP contribution in [0.15, 0.2) is 15.3 Å². The largest absolute Gasteiger partial charge is 0.258 e. The molecule has 0 aliphatic heterocycles. The van der Waals surface area contributed by atoms with E-state index < -0.39 is 0 Å². The zero-order valence-electron chi connectivity index (χ0n) is 4.93. The normalized spacial score (nSPS) is 10.1. The number of rotatable bonds is 1. The van der Waals surface area contributed by atoms with Gasteiger partial charge in [0.1, 0.15) is 4.60 Å². The fourth-order valence-corrected chi connectivity index (χ4v) is 1.31. The summed E-state index contributed by atoms with van der Waals surface area (Å²) in [7, 11) is 0. The smallest absolute Gasteiger partial charge is 0.118 e. The second-order valence-electron chi connectivity index (χ2n) is 1.60. The molecule has 0 atom stereocenters. The minimum Gasteiger partial charge on any atom is -0.258 e. The van der Waals surface area contributed by atoms with Crippen molar-refractivity contribution in [2.24, 2.45) is 0 Å². The van der Waals surface area contributed by atoms with E-state index in [9.17, 15) is 0 Å². The molecule has 1 aromatic heterocycles. The third-order valence-electron chi connectivity index (χ3n) is 1.03. The van der Waals surface area contributed by atoms with E-state index in [-0.39, 0.29) is 0 Å². The van der Waals surface area contributed by atoms with Crippen LogP contribution in [0.4, 0.5) is 0 Å². The standard InChI is InChI=1S/C5H6Br2N2/c1-2-9-5(7)4(6)3-8-9/h3H,2H2,1H3. The number of hydrogen-bond acceptors (Lipinski definition) is 1. The number of halogens is 2. The Labute approximate surface area is 70.5 Å². The molecule has 0 saturated heterocycles. The molecule has 0 radical (unpaired) electrons. The van der Waals surface area contributed by atoms with E-state index >= 15 is 0 Å². The highest BCUT2D eigenvalue weighted by Crippen LogP contribution is 2.21. The monoisotopic (exact) mass is 252 g/mol. The van der Waals surface area contributed by atoms with Crippen molar-refractivity contribution in [1.29, 1.82) is 0 Å². The molecule has 0 fully saturated rings. The van der Waals surface area contributed by atoms with Gasteiger partial charge in [0.15, 0.2) is 0 Å². The van der Waals surface area contributed by atoms with E-state index in [0.29, 0.717) is 0 Å². The number of nitrogens with zero attached hydrogens (tertiary/aromatic N) is 2. The van der Waals surface area contributed by atoms with Crippen LogP contribution in [0.2, 0.25) is 0 Å². The van der Waals surface area contributed by atoms with E-state index in [0.717, 1.165) is 15.6 Å². The van der Waals surface area contributed by atoms with Gasteiger partial charge in [-0.25, -0.2) is 0 Å². The second-order valence-corrected chi connectivity index (χ2v) is 3.20. The quantitative estimate of drug-likeness (QED) is 0.752. The molecule has 0 spiro atoms. The van der Waals surface area contributed by atoms with Crippen molar-refractivity contribution in [3.8, 4) is 0 Å². The molecule has 0 unspecified atom stereocenters. The van der Waals surface area contributed by atoms with Crippen LogP contribution in [0, 0.1) is 0 Å². The Balaban J connectivity index is 3.04. The summed E-state index contributed by atoms with van der Waals surface area (Å²) in [5.41, 5.74) is 0. The third kappa shape index (κ3) is 1.35. The predicted molar refractivity (Wildman–Crippen MR) is 43.3 cm³/mol. The molecule has 1 aromatic rings. The van der Waals surface area contributed by atoms with Crippen LogP contribution in [-0.2, 0) is 6.54 Å². The Kier molecular flexibility index (Phi) is 2.29. The van der Waals surface area contributed by atoms with Gasteiger partial charge in [-0.3, -0.25) is 4.68 Å². The summed E-state index contributed by atoms with van der Waals surface area (Å²) in [4.78, 5) is 0. The lowest BCUT2D eigenvalue weighted by molar-refractivity contribution is 0.645. The van der Waals surface area contributed by atoms with E-state index in [1.807, 2.05) is 11.6 Å². The maximum Gasteiger partial charge on any atom is 0.118 e. The maximum atomic E-state index is 4.06. The Bertz CT molecular complexity index is 207. The average Bonchev–Trinajstić information content (AvgIpc) is 2.15. The van der Waals surface area contributed by atoms with Crippen LogP contribution in [-0.4, -0.2) is 9.78 Å². The van der Waals surface area contributed by atoms with Crippen molar-refractivity contribution in [3.05, 3.63) is 15.3 Å². The zero-order chi connectivity index (χ0) is 6.85. The molecule has 50 valence electrons. The number of aryl methyl sites for hydroxylation is 1. The van der Waals surface area contributed by atoms with Crippen LogP contribution >= 0.6 is 31.9 Å². The Morgan fingerprint density at radius 1 is 1.67 bits per heavy atom. The fraction of sp³-hybridized carbons (Fsp3) is 0.400. The molecule has 0 N–H and O–H groups in total. The molecule has 0 bridgehead atoms. The van der Waals surface area contributed by atoms with Crippen LogP contribution in [0.3, 0.4) is 0 Å². The lowest BCUT2D eigenvalue weighted by Gasteiger charge is -1.94. The third-order valence-corrected chi connectivity index (χ3v) is 2.98. The molecule has 0 aromatic carbocycles. The Hall–Kier alpha value is 0.170. The van der Waals surface area contributed by atoms with Crippen molar-refractivity contribution >= 4 is 31.9 Å². The first-order valence-corrected chi connectivity index (χ1v) is 4.21. The molecule has 9 heavy (non-hydrogen) atoms. The van der Waals surface area contributed by atoms with Crippen LogP contribution in [0.1, 0.15) is 6.92 Å². The summed E-state index contributed by atoms with van der Waals surface area (Å²) < 4.78 is 3.87. The molecule has 1 rings (SSSR count). The summed E-state index contributed by atoms with van der Waals surface area (Å²) in [6.45, 7) is 2.94. The second kappa shape index (κ2) is 2.84. The van der Waals surface area contributed by atoms with Crippen LogP contribution < -0.4 is 0 Å². The summed E-state index contributed by atoms with van der Waals surface area (Å²) in [5, 5.41) is 4.06. The van der Waals surface area contributed by atoms with Gasteiger partial charge in [-0.05, 0) is 38.8 Å². The van der Waals surface area contributed by atoms with Gasteiger partial charge in [-0.2, -0.15) is 5.10 Å². The SMILES string of the molecule is CCn1ncc(Br)c1Br. The lowest BCUT2D eigenvalue weighted by Crippen LogP contribution is -1.94. The van der Waals surface area contributed by atoms with Gasteiger partial charge in [0.25, 0.3) is 0 Å². The maximum absolute atomic E-state index is 4.06.